The molecule has 0 saturated heterocycles. The number of ether oxygens (including phenoxy) is 1. The van der Waals surface area contributed by atoms with E-state index in [1.807, 2.05) is 0 Å². The molecular weight excluding hydrogens is 184 g/mol. The van der Waals surface area contributed by atoms with Crippen LogP contribution in [0.25, 0.3) is 0 Å². The zero-order valence-corrected chi connectivity index (χ0v) is 8.69. The Balaban J connectivity index is 3.64. The number of nitrogens with one attached hydrogen (secondary N) is 1. The highest BCUT2D eigenvalue weighted by atomic mass is 16.5. The van der Waals surface area contributed by atoms with Gasteiger partial charge in [-0.05, 0) is 0 Å². The number of urea groups is 1. The number of hydrogen-bond donors (Lipinski definition) is 2. The van der Waals surface area contributed by atoms with Gasteiger partial charge in [0.15, 0.2) is 0 Å². The second kappa shape index (κ2) is 7.34. The average molecular weight is 202 g/mol. The van der Waals surface area contributed by atoms with Crippen LogP contribution in [0.3, 0.4) is 0 Å². The molecule has 0 aromatic heterocycles. The van der Waals surface area contributed by atoms with Crippen molar-refractivity contribution in [3.05, 3.63) is 12.7 Å². The number of carbonyl (C=O) groups excluding carboxylic acids is 1. The summed E-state index contributed by atoms with van der Waals surface area (Å²) < 4.78 is 5.03. The summed E-state index contributed by atoms with van der Waals surface area (Å²) in [6.45, 7) is 4.33. The van der Waals surface area contributed by atoms with E-state index in [1.54, 1.807) is 20.2 Å². The lowest BCUT2D eigenvalue weighted by Gasteiger charge is -2.19. The smallest absolute Gasteiger partial charge is 0.316 e. The van der Waals surface area contributed by atoms with E-state index in [9.17, 15) is 9.90 Å². The molecule has 0 heterocycles. The Hall–Kier alpha value is -1.07. The van der Waals surface area contributed by atoms with E-state index >= 15 is 0 Å². The van der Waals surface area contributed by atoms with Gasteiger partial charge in [0.25, 0.3) is 0 Å². The molecule has 0 aliphatic rings. The van der Waals surface area contributed by atoms with Crippen molar-refractivity contribution in [3.63, 3.8) is 0 Å². The molecule has 0 bridgehead atoms. The number of hydrogen-bond acceptors (Lipinski definition) is 3. The van der Waals surface area contributed by atoms with Crippen LogP contribution in [0.1, 0.15) is 0 Å². The SMILES string of the molecule is C=CCOC[C@H](O)CN(C)C(=O)NC. The molecule has 0 unspecified atom stereocenters. The zero-order chi connectivity index (χ0) is 11.0. The molecule has 0 aromatic rings. The van der Waals surface area contributed by atoms with E-state index in [-0.39, 0.29) is 19.2 Å². The standard InChI is InChI=1S/C9H18N2O3/c1-4-5-14-7-8(12)6-11(3)9(13)10-2/h4,8,12H,1,5-7H2,2-3H3,(H,10,13)/t8-/m1/s1. The Morgan fingerprint density at radius 2 is 2.43 bits per heavy atom. The molecule has 2 amide bonds. The minimum absolute atomic E-state index is 0.202. The van der Waals surface area contributed by atoms with Gasteiger partial charge < -0.3 is 20.1 Å². The van der Waals surface area contributed by atoms with Crippen LogP contribution in [-0.4, -0.2) is 56.0 Å². The third-order valence-electron chi connectivity index (χ3n) is 1.59. The molecule has 14 heavy (non-hydrogen) atoms. The summed E-state index contributed by atoms with van der Waals surface area (Å²) in [6.07, 6.45) is 0.937. The number of aliphatic hydroxyl groups is 1. The topological polar surface area (TPSA) is 61.8 Å². The number of aliphatic hydroxyl groups excluding tert-OH is 1. The molecule has 5 heteroatoms. The molecule has 5 nitrogen and oxygen atoms in total. The number of carbonyl (C=O) groups is 1. The van der Waals surface area contributed by atoms with Crippen LogP contribution < -0.4 is 5.32 Å². The molecule has 0 radical (unpaired) electrons. The van der Waals surface area contributed by atoms with Gasteiger partial charge in [0.2, 0.25) is 0 Å². The highest BCUT2D eigenvalue weighted by Crippen LogP contribution is 1.91. The van der Waals surface area contributed by atoms with Gasteiger partial charge in [-0.25, -0.2) is 4.79 Å². The average Bonchev–Trinajstić information content (AvgIpc) is 2.16. The largest absolute Gasteiger partial charge is 0.389 e. The fourth-order valence-electron chi connectivity index (χ4n) is 0.930. The molecule has 0 aliphatic carbocycles. The summed E-state index contributed by atoms with van der Waals surface area (Å²) in [5, 5.41) is 11.9. The first kappa shape index (κ1) is 12.9. The van der Waals surface area contributed by atoms with Gasteiger partial charge in [-0.15, -0.1) is 6.58 Å². The van der Waals surface area contributed by atoms with E-state index in [0.717, 1.165) is 0 Å². The third-order valence-corrected chi connectivity index (χ3v) is 1.59. The Bertz CT molecular complexity index is 185. The van der Waals surface area contributed by atoms with Crippen LogP contribution in [0, 0.1) is 0 Å². The first-order valence-corrected chi connectivity index (χ1v) is 4.41. The summed E-state index contributed by atoms with van der Waals surface area (Å²) in [5.41, 5.74) is 0. The van der Waals surface area contributed by atoms with Gasteiger partial charge in [-0.3, -0.25) is 0 Å². The van der Waals surface area contributed by atoms with E-state index in [1.165, 1.54) is 4.90 Å². The van der Waals surface area contributed by atoms with Crippen molar-refractivity contribution in [2.75, 3.05) is 33.9 Å². The summed E-state index contributed by atoms with van der Waals surface area (Å²) in [7, 11) is 3.15. The number of nitrogens with zero attached hydrogens (tertiary/aromatic N) is 1. The molecule has 0 spiro atoms. The second-order valence-electron chi connectivity index (χ2n) is 2.92. The van der Waals surface area contributed by atoms with Gasteiger partial charge in [-0.2, -0.15) is 0 Å². The van der Waals surface area contributed by atoms with Gasteiger partial charge in [0, 0.05) is 14.1 Å². The Morgan fingerprint density at radius 3 is 2.93 bits per heavy atom. The van der Waals surface area contributed by atoms with E-state index in [4.69, 9.17) is 4.74 Å². The van der Waals surface area contributed by atoms with Gasteiger partial charge in [-0.1, -0.05) is 6.08 Å². The van der Waals surface area contributed by atoms with Crippen molar-refractivity contribution >= 4 is 6.03 Å². The number of amides is 2. The molecule has 0 saturated carbocycles. The van der Waals surface area contributed by atoms with Gasteiger partial charge in [0.05, 0.1) is 25.9 Å². The minimum atomic E-state index is -0.669. The quantitative estimate of drug-likeness (QED) is 0.464. The Kier molecular flexibility index (Phi) is 6.78. The van der Waals surface area contributed by atoms with Crippen molar-refractivity contribution in [2.45, 2.75) is 6.10 Å². The Morgan fingerprint density at radius 1 is 1.79 bits per heavy atom. The van der Waals surface area contributed by atoms with Crippen LogP contribution in [-0.2, 0) is 4.74 Å². The van der Waals surface area contributed by atoms with Gasteiger partial charge >= 0.3 is 6.03 Å². The first-order valence-electron chi connectivity index (χ1n) is 4.41. The fourth-order valence-corrected chi connectivity index (χ4v) is 0.930. The number of likely N-dealkylation sites (N-methyl/N-ethyl adjacent to an activating group) is 1. The third kappa shape index (κ3) is 5.55. The van der Waals surface area contributed by atoms with Crippen LogP contribution in [0.2, 0.25) is 0 Å². The lowest BCUT2D eigenvalue weighted by atomic mass is 10.3. The molecule has 0 aromatic carbocycles. The van der Waals surface area contributed by atoms with Crippen molar-refractivity contribution in [1.29, 1.82) is 0 Å². The van der Waals surface area contributed by atoms with Crippen LogP contribution in [0.5, 0.6) is 0 Å². The van der Waals surface area contributed by atoms with Crippen molar-refractivity contribution in [1.82, 2.24) is 10.2 Å². The second-order valence-corrected chi connectivity index (χ2v) is 2.92. The lowest BCUT2D eigenvalue weighted by Crippen LogP contribution is -2.41. The normalized spacial score (nSPS) is 11.9. The summed E-state index contributed by atoms with van der Waals surface area (Å²) >= 11 is 0. The molecular formula is C9H18N2O3. The highest BCUT2D eigenvalue weighted by Gasteiger charge is 2.11. The molecule has 2 N–H and O–H groups in total. The molecule has 82 valence electrons. The predicted molar refractivity (Wildman–Crippen MR) is 54.1 cm³/mol. The minimum Gasteiger partial charge on any atom is -0.389 e. The van der Waals surface area contributed by atoms with Crippen molar-refractivity contribution in [2.24, 2.45) is 0 Å². The molecule has 0 fully saturated rings. The fraction of sp³-hybridized carbons (Fsp3) is 0.667. The maximum Gasteiger partial charge on any atom is 0.316 e. The number of rotatable bonds is 6. The molecule has 0 aliphatic heterocycles. The van der Waals surface area contributed by atoms with Crippen LogP contribution >= 0.6 is 0 Å². The Labute approximate surface area is 84.3 Å². The maximum atomic E-state index is 11.0. The monoisotopic (exact) mass is 202 g/mol. The van der Waals surface area contributed by atoms with Crippen LogP contribution in [0.4, 0.5) is 4.79 Å². The first-order chi connectivity index (χ1) is 6.61. The van der Waals surface area contributed by atoms with Gasteiger partial charge in [0.1, 0.15) is 0 Å². The zero-order valence-electron chi connectivity index (χ0n) is 8.69. The van der Waals surface area contributed by atoms with Crippen LogP contribution in [0.15, 0.2) is 12.7 Å². The molecule has 0 rings (SSSR count). The summed E-state index contributed by atoms with van der Waals surface area (Å²) in [5.74, 6) is 0. The van der Waals surface area contributed by atoms with E-state index in [2.05, 4.69) is 11.9 Å². The van der Waals surface area contributed by atoms with Crippen molar-refractivity contribution in [3.8, 4) is 0 Å². The van der Waals surface area contributed by atoms with E-state index < -0.39 is 6.10 Å². The lowest BCUT2D eigenvalue weighted by molar-refractivity contribution is 0.0363. The predicted octanol–water partition coefficient (Wildman–Crippen LogP) is -0.179. The highest BCUT2D eigenvalue weighted by molar-refractivity contribution is 5.73. The summed E-state index contributed by atoms with van der Waals surface area (Å²) in [4.78, 5) is 12.4. The van der Waals surface area contributed by atoms with Crippen molar-refractivity contribution < 1.29 is 14.6 Å². The summed E-state index contributed by atoms with van der Waals surface area (Å²) in [6, 6.07) is -0.229. The van der Waals surface area contributed by atoms with E-state index in [0.29, 0.717) is 6.61 Å². The molecule has 1 atom stereocenters. The maximum absolute atomic E-state index is 11.0.